The summed E-state index contributed by atoms with van der Waals surface area (Å²) >= 11 is 6.94. The van der Waals surface area contributed by atoms with Crippen molar-refractivity contribution < 1.29 is 9.59 Å². The Morgan fingerprint density at radius 3 is 2.84 bits per heavy atom. The van der Waals surface area contributed by atoms with E-state index in [1.165, 1.54) is 10.9 Å². The highest BCUT2D eigenvalue weighted by molar-refractivity contribution is 7.20. The lowest BCUT2D eigenvalue weighted by molar-refractivity contribution is -0.116. The molecule has 0 spiro atoms. The Balaban J connectivity index is 1.90. The number of nitrogens with zero attached hydrogens (tertiary/aromatic N) is 2. The van der Waals surface area contributed by atoms with E-state index in [4.69, 9.17) is 17.3 Å². The number of aryl methyl sites for hydroxylation is 1. The lowest BCUT2D eigenvalue weighted by atomic mass is 10.2. The first-order valence-electron chi connectivity index (χ1n) is 7.20. The van der Waals surface area contributed by atoms with Gasteiger partial charge in [-0.05, 0) is 30.7 Å². The highest BCUT2D eigenvalue weighted by Crippen LogP contribution is 2.26. The number of carbonyl (C=O) groups excluding carboxylic acids is 2. The van der Waals surface area contributed by atoms with E-state index >= 15 is 0 Å². The molecule has 0 unspecified atom stereocenters. The number of thiophene rings is 1. The van der Waals surface area contributed by atoms with Gasteiger partial charge in [-0.2, -0.15) is 0 Å². The quantitative estimate of drug-likeness (QED) is 0.727. The summed E-state index contributed by atoms with van der Waals surface area (Å²) in [4.78, 5) is 41.1. The summed E-state index contributed by atoms with van der Waals surface area (Å²) in [5.74, 6) is -1.00. The Morgan fingerprint density at radius 1 is 1.40 bits per heavy atom. The molecule has 9 heteroatoms. The summed E-state index contributed by atoms with van der Waals surface area (Å²) in [6, 6.07) is 6.69. The molecule has 2 aromatic heterocycles. The molecule has 0 saturated carbocycles. The molecule has 2 heterocycles. The molecule has 3 aromatic rings. The fourth-order valence-corrected chi connectivity index (χ4v) is 3.61. The average Bonchev–Trinajstić information content (AvgIpc) is 2.88. The molecule has 0 aliphatic heterocycles. The van der Waals surface area contributed by atoms with Crippen molar-refractivity contribution in [3.05, 3.63) is 56.4 Å². The second-order valence-electron chi connectivity index (χ2n) is 5.34. The van der Waals surface area contributed by atoms with Gasteiger partial charge in [0.2, 0.25) is 5.91 Å². The Morgan fingerprint density at radius 2 is 2.16 bits per heavy atom. The minimum absolute atomic E-state index is 0.213. The second kappa shape index (κ2) is 6.66. The van der Waals surface area contributed by atoms with Crippen LogP contribution in [0.25, 0.3) is 10.2 Å². The molecule has 25 heavy (non-hydrogen) atoms. The van der Waals surface area contributed by atoms with Gasteiger partial charge in [0.1, 0.15) is 11.4 Å². The zero-order valence-electron chi connectivity index (χ0n) is 13.1. The number of hydrogen-bond donors (Lipinski definition) is 2. The molecule has 0 radical (unpaired) electrons. The number of hydrogen-bond acceptors (Lipinski definition) is 5. The number of halogens is 1. The van der Waals surface area contributed by atoms with Crippen LogP contribution < -0.4 is 16.6 Å². The number of aromatic nitrogens is 2. The summed E-state index contributed by atoms with van der Waals surface area (Å²) in [6.07, 6.45) is 1.28. The van der Waals surface area contributed by atoms with Crippen LogP contribution in [0.2, 0.25) is 5.02 Å². The smallest absolute Gasteiger partial charge is 0.262 e. The maximum atomic E-state index is 12.6. The molecule has 0 aliphatic carbocycles. The lowest BCUT2D eigenvalue weighted by Crippen LogP contribution is -2.28. The minimum Gasteiger partial charge on any atom is -0.365 e. The van der Waals surface area contributed by atoms with Gasteiger partial charge in [0.05, 0.1) is 16.6 Å². The average molecular weight is 377 g/mol. The predicted octanol–water partition coefficient (Wildman–Crippen LogP) is 2.16. The molecule has 3 N–H and O–H groups in total. The predicted molar refractivity (Wildman–Crippen MR) is 97.2 cm³/mol. The van der Waals surface area contributed by atoms with Crippen molar-refractivity contribution in [3.8, 4) is 0 Å². The first-order valence-corrected chi connectivity index (χ1v) is 8.40. The second-order valence-corrected chi connectivity index (χ2v) is 6.77. The summed E-state index contributed by atoms with van der Waals surface area (Å²) < 4.78 is 1.19. The Bertz CT molecular complexity index is 1060. The topological polar surface area (TPSA) is 107 Å². The van der Waals surface area contributed by atoms with Crippen LogP contribution in [0.4, 0.5) is 5.69 Å². The Hall–Kier alpha value is -2.71. The number of nitrogens with one attached hydrogen (secondary N) is 1. The molecule has 2 amide bonds. The van der Waals surface area contributed by atoms with Gasteiger partial charge in [-0.25, -0.2) is 4.98 Å². The summed E-state index contributed by atoms with van der Waals surface area (Å²) in [5.41, 5.74) is 5.92. The van der Waals surface area contributed by atoms with Gasteiger partial charge in [-0.1, -0.05) is 17.7 Å². The van der Waals surface area contributed by atoms with E-state index in [0.717, 1.165) is 11.3 Å². The number of fused-ring (bicyclic) bond motifs is 1. The molecule has 0 bridgehead atoms. The summed E-state index contributed by atoms with van der Waals surface area (Å²) in [7, 11) is 0. The van der Waals surface area contributed by atoms with Crippen LogP contribution in [0.15, 0.2) is 35.4 Å². The first-order chi connectivity index (χ1) is 11.9. The summed E-state index contributed by atoms with van der Waals surface area (Å²) in [6.45, 7) is 1.42. The molecule has 1 aromatic carbocycles. The molecule has 0 fully saturated rings. The van der Waals surface area contributed by atoms with Gasteiger partial charge in [0, 0.05) is 10.7 Å². The van der Waals surface area contributed by atoms with Gasteiger partial charge in [0.25, 0.3) is 11.5 Å². The number of amides is 2. The van der Waals surface area contributed by atoms with Crippen molar-refractivity contribution in [3.63, 3.8) is 0 Å². The van der Waals surface area contributed by atoms with E-state index in [0.29, 0.717) is 31.4 Å². The third-order valence-electron chi connectivity index (χ3n) is 3.56. The van der Waals surface area contributed by atoms with Crippen molar-refractivity contribution in [2.45, 2.75) is 13.5 Å². The van der Waals surface area contributed by atoms with Gasteiger partial charge < -0.3 is 11.1 Å². The Kier molecular flexibility index (Phi) is 4.56. The van der Waals surface area contributed by atoms with E-state index in [-0.39, 0.29) is 6.54 Å². The molecular weight excluding hydrogens is 364 g/mol. The van der Waals surface area contributed by atoms with E-state index in [1.54, 1.807) is 31.2 Å². The van der Waals surface area contributed by atoms with Crippen molar-refractivity contribution in [2.24, 2.45) is 5.73 Å². The van der Waals surface area contributed by atoms with Crippen LogP contribution in [0, 0.1) is 6.92 Å². The monoisotopic (exact) mass is 376 g/mol. The maximum Gasteiger partial charge on any atom is 0.262 e. The maximum absolute atomic E-state index is 12.6. The molecule has 3 rings (SSSR count). The van der Waals surface area contributed by atoms with Gasteiger partial charge in [-0.15, -0.1) is 11.3 Å². The molecule has 0 aliphatic rings. The third-order valence-corrected chi connectivity index (χ3v) is 5.01. The zero-order valence-corrected chi connectivity index (χ0v) is 14.6. The Labute approximate surface area is 151 Å². The van der Waals surface area contributed by atoms with Crippen molar-refractivity contribution in [1.29, 1.82) is 0 Å². The number of benzene rings is 1. The van der Waals surface area contributed by atoms with Crippen LogP contribution in [0.3, 0.4) is 0 Å². The number of carbonyl (C=O) groups is 2. The first kappa shape index (κ1) is 17.1. The minimum atomic E-state index is -0.606. The number of primary amides is 1. The van der Waals surface area contributed by atoms with Crippen LogP contribution in [-0.2, 0) is 11.3 Å². The molecule has 7 nitrogen and oxygen atoms in total. The van der Waals surface area contributed by atoms with E-state index in [1.807, 2.05) is 0 Å². The van der Waals surface area contributed by atoms with Gasteiger partial charge in [0.15, 0.2) is 0 Å². The molecular formula is C16H13ClN4O3S. The highest BCUT2D eigenvalue weighted by Gasteiger charge is 2.18. The lowest BCUT2D eigenvalue weighted by Gasteiger charge is -2.07. The SMILES string of the molecule is Cc1c(C(N)=O)sc2ncn(CC(=O)Nc3cccc(Cl)c3)c(=O)c12. The van der Waals surface area contributed by atoms with Crippen molar-refractivity contribution in [2.75, 3.05) is 5.32 Å². The van der Waals surface area contributed by atoms with Crippen LogP contribution in [-0.4, -0.2) is 21.4 Å². The number of anilines is 1. The number of nitrogens with two attached hydrogens (primary N) is 1. The molecule has 0 atom stereocenters. The zero-order chi connectivity index (χ0) is 18.1. The van der Waals surface area contributed by atoms with Crippen molar-refractivity contribution >= 4 is 50.7 Å². The fourth-order valence-electron chi connectivity index (χ4n) is 2.43. The normalized spacial score (nSPS) is 10.8. The number of rotatable bonds is 4. The van der Waals surface area contributed by atoms with Crippen LogP contribution in [0.1, 0.15) is 15.2 Å². The van der Waals surface area contributed by atoms with Crippen LogP contribution >= 0.6 is 22.9 Å². The van der Waals surface area contributed by atoms with Crippen LogP contribution in [0.5, 0.6) is 0 Å². The van der Waals surface area contributed by atoms with Gasteiger partial charge in [-0.3, -0.25) is 19.0 Å². The summed E-state index contributed by atoms with van der Waals surface area (Å²) in [5, 5.41) is 3.46. The largest absolute Gasteiger partial charge is 0.365 e. The highest BCUT2D eigenvalue weighted by atomic mass is 35.5. The fraction of sp³-hybridized carbons (Fsp3) is 0.125. The van der Waals surface area contributed by atoms with E-state index < -0.39 is 17.4 Å². The standard InChI is InChI=1S/C16H13ClN4O3S/c1-8-12-15(25-13(8)14(18)23)19-7-21(16(12)24)6-11(22)20-10-4-2-3-9(17)5-10/h2-5,7H,6H2,1H3,(H2,18,23)(H,20,22). The van der Waals surface area contributed by atoms with Gasteiger partial charge >= 0.3 is 0 Å². The molecule has 128 valence electrons. The molecule has 0 saturated heterocycles. The van der Waals surface area contributed by atoms with E-state index in [2.05, 4.69) is 10.3 Å². The third kappa shape index (κ3) is 3.40. The van der Waals surface area contributed by atoms with E-state index in [9.17, 15) is 14.4 Å². The van der Waals surface area contributed by atoms with Crippen molar-refractivity contribution in [1.82, 2.24) is 9.55 Å².